The molecule has 4 rings (SSSR count). The fraction of sp³-hybridized carbons (Fsp3) is 0.625. The lowest BCUT2D eigenvalue weighted by Gasteiger charge is -2.40. The summed E-state index contributed by atoms with van der Waals surface area (Å²) in [5.74, 6) is 1.09. The van der Waals surface area contributed by atoms with E-state index in [1.807, 2.05) is 11.3 Å². The molecule has 3 nitrogen and oxygen atoms in total. The lowest BCUT2D eigenvalue weighted by molar-refractivity contribution is 0.412. The maximum absolute atomic E-state index is 6.22. The van der Waals surface area contributed by atoms with Gasteiger partial charge in [0.15, 0.2) is 0 Å². The zero-order valence-electron chi connectivity index (χ0n) is 12.5. The van der Waals surface area contributed by atoms with E-state index in [1.54, 1.807) is 0 Å². The Morgan fingerprint density at radius 1 is 1.10 bits per heavy atom. The normalized spacial score (nSPS) is 25.6. The van der Waals surface area contributed by atoms with Gasteiger partial charge in [-0.2, -0.15) is 4.98 Å². The molecule has 1 saturated heterocycles. The molecule has 3 heterocycles. The highest BCUT2D eigenvalue weighted by molar-refractivity contribution is 7.19. The van der Waals surface area contributed by atoms with Crippen molar-refractivity contribution in [3.05, 3.63) is 15.7 Å². The van der Waals surface area contributed by atoms with Gasteiger partial charge in [-0.1, -0.05) is 0 Å². The molecular formula is C16H20ClN3S. The molecule has 2 aliphatic rings. The van der Waals surface area contributed by atoms with E-state index in [0.717, 1.165) is 10.6 Å². The van der Waals surface area contributed by atoms with Crippen LogP contribution in [0.15, 0.2) is 0 Å². The third-order valence-corrected chi connectivity index (χ3v) is 6.31. The van der Waals surface area contributed by atoms with E-state index in [4.69, 9.17) is 11.6 Å². The third kappa shape index (κ3) is 2.15. The Morgan fingerprint density at radius 2 is 1.86 bits per heavy atom. The average Bonchev–Trinajstić information content (AvgIpc) is 2.97. The zero-order valence-corrected chi connectivity index (χ0v) is 14.1. The fourth-order valence-electron chi connectivity index (χ4n) is 3.98. The van der Waals surface area contributed by atoms with Crippen LogP contribution in [0.3, 0.4) is 0 Å². The first-order valence-electron chi connectivity index (χ1n) is 7.91. The number of rotatable bonds is 1. The molecule has 0 N–H and O–H groups in total. The molecule has 112 valence electrons. The summed E-state index contributed by atoms with van der Waals surface area (Å²) in [6.07, 6.45) is 7.41. The monoisotopic (exact) mass is 321 g/mol. The van der Waals surface area contributed by atoms with Gasteiger partial charge in [0.1, 0.15) is 10.6 Å². The van der Waals surface area contributed by atoms with Gasteiger partial charge in [0.2, 0.25) is 5.28 Å². The highest BCUT2D eigenvalue weighted by Crippen LogP contribution is 2.43. The Kier molecular flexibility index (Phi) is 3.34. The Labute approximate surface area is 134 Å². The van der Waals surface area contributed by atoms with Crippen LogP contribution in [0.2, 0.25) is 5.28 Å². The van der Waals surface area contributed by atoms with Crippen molar-refractivity contribution in [1.82, 2.24) is 9.97 Å². The molecule has 1 aliphatic carbocycles. The summed E-state index contributed by atoms with van der Waals surface area (Å²) >= 11 is 8.04. The van der Waals surface area contributed by atoms with Gasteiger partial charge in [0.25, 0.3) is 0 Å². The highest BCUT2D eigenvalue weighted by Gasteiger charge is 2.31. The van der Waals surface area contributed by atoms with Crippen LogP contribution in [0.25, 0.3) is 10.2 Å². The topological polar surface area (TPSA) is 29.0 Å². The van der Waals surface area contributed by atoms with Crippen LogP contribution >= 0.6 is 22.9 Å². The van der Waals surface area contributed by atoms with Gasteiger partial charge >= 0.3 is 0 Å². The lowest BCUT2D eigenvalue weighted by Crippen LogP contribution is -2.44. The van der Waals surface area contributed by atoms with Crippen molar-refractivity contribution in [2.75, 3.05) is 4.90 Å². The van der Waals surface area contributed by atoms with Gasteiger partial charge in [-0.25, -0.2) is 4.98 Å². The summed E-state index contributed by atoms with van der Waals surface area (Å²) in [7, 11) is 0. The molecule has 2 aromatic rings. The van der Waals surface area contributed by atoms with Crippen molar-refractivity contribution in [2.45, 2.75) is 64.5 Å². The van der Waals surface area contributed by atoms with E-state index >= 15 is 0 Å². The summed E-state index contributed by atoms with van der Waals surface area (Å²) in [4.78, 5) is 14.2. The Bertz CT molecular complexity index is 686. The molecule has 2 atom stereocenters. The number of aromatic nitrogens is 2. The van der Waals surface area contributed by atoms with Crippen molar-refractivity contribution in [3.8, 4) is 0 Å². The molecule has 0 spiro atoms. The van der Waals surface area contributed by atoms with Crippen molar-refractivity contribution >= 4 is 39.0 Å². The molecule has 0 aromatic carbocycles. The number of halogens is 1. The summed E-state index contributed by atoms with van der Waals surface area (Å²) in [5, 5.41) is 1.68. The molecule has 2 unspecified atom stereocenters. The van der Waals surface area contributed by atoms with E-state index in [-0.39, 0.29) is 0 Å². The smallest absolute Gasteiger partial charge is 0.225 e. The molecule has 2 aromatic heterocycles. The van der Waals surface area contributed by atoms with Gasteiger partial charge in [-0.3, -0.25) is 0 Å². The van der Waals surface area contributed by atoms with Crippen molar-refractivity contribution in [1.29, 1.82) is 0 Å². The molecule has 1 aliphatic heterocycles. The number of piperidine rings is 1. The lowest BCUT2D eigenvalue weighted by atomic mass is 9.97. The van der Waals surface area contributed by atoms with Crippen LogP contribution in [-0.2, 0) is 12.8 Å². The number of hydrogen-bond acceptors (Lipinski definition) is 4. The van der Waals surface area contributed by atoms with Gasteiger partial charge in [-0.15, -0.1) is 11.3 Å². The summed E-state index contributed by atoms with van der Waals surface area (Å²) in [5.41, 5.74) is 1.49. The minimum absolute atomic E-state index is 0.391. The van der Waals surface area contributed by atoms with Crippen LogP contribution in [0.5, 0.6) is 0 Å². The van der Waals surface area contributed by atoms with Crippen molar-refractivity contribution in [3.63, 3.8) is 0 Å². The summed E-state index contributed by atoms with van der Waals surface area (Å²) in [6, 6.07) is 1.06. The van der Waals surface area contributed by atoms with Crippen LogP contribution in [0.1, 0.15) is 50.0 Å². The van der Waals surface area contributed by atoms with Crippen molar-refractivity contribution < 1.29 is 0 Å². The van der Waals surface area contributed by atoms with Gasteiger partial charge < -0.3 is 4.90 Å². The van der Waals surface area contributed by atoms with Gasteiger partial charge in [-0.05, 0) is 69.5 Å². The molecule has 1 fully saturated rings. The first-order chi connectivity index (χ1) is 10.1. The zero-order chi connectivity index (χ0) is 14.6. The minimum Gasteiger partial charge on any atom is -0.351 e. The van der Waals surface area contributed by atoms with Gasteiger partial charge in [0, 0.05) is 17.0 Å². The number of fused-ring (bicyclic) bond motifs is 3. The molecule has 0 bridgehead atoms. The summed E-state index contributed by atoms with van der Waals surface area (Å²) < 4.78 is 0. The van der Waals surface area contributed by atoms with E-state index in [9.17, 15) is 0 Å². The summed E-state index contributed by atoms with van der Waals surface area (Å²) in [6.45, 7) is 4.62. The number of nitrogens with zero attached hydrogens (tertiary/aromatic N) is 3. The fourth-order valence-corrected chi connectivity index (χ4v) is 5.45. The van der Waals surface area contributed by atoms with E-state index in [2.05, 4.69) is 28.7 Å². The van der Waals surface area contributed by atoms with Crippen molar-refractivity contribution in [2.24, 2.45) is 0 Å². The van der Waals surface area contributed by atoms with Gasteiger partial charge in [0.05, 0.1) is 5.39 Å². The Hall–Kier alpha value is -0.870. The molecule has 0 amide bonds. The average molecular weight is 322 g/mol. The van der Waals surface area contributed by atoms with E-state index < -0.39 is 0 Å². The van der Waals surface area contributed by atoms with Crippen LogP contribution in [0.4, 0.5) is 5.82 Å². The quantitative estimate of drug-likeness (QED) is 0.719. The number of anilines is 1. The van der Waals surface area contributed by atoms with E-state index in [0.29, 0.717) is 17.4 Å². The second-order valence-electron chi connectivity index (χ2n) is 6.39. The predicted octanol–water partition coefficient (Wildman–Crippen LogP) is 4.60. The second kappa shape index (κ2) is 5.10. The number of aryl methyl sites for hydroxylation is 2. The maximum atomic E-state index is 6.22. The second-order valence-corrected chi connectivity index (χ2v) is 7.81. The Morgan fingerprint density at radius 3 is 2.62 bits per heavy atom. The first-order valence-corrected chi connectivity index (χ1v) is 9.10. The Balaban J connectivity index is 1.94. The molecular weight excluding hydrogens is 302 g/mol. The largest absolute Gasteiger partial charge is 0.351 e. The predicted molar refractivity (Wildman–Crippen MR) is 89.7 cm³/mol. The van der Waals surface area contributed by atoms with Crippen LogP contribution < -0.4 is 4.90 Å². The first kappa shape index (κ1) is 13.8. The molecule has 0 saturated carbocycles. The third-order valence-electron chi connectivity index (χ3n) is 4.96. The maximum Gasteiger partial charge on any atom is 0.225 e. The highest BCUT2D eigenvalue weighted by atomic mass is 35.5. The molecule has 21 heavy (non-hydrogen) atoms. The molecule has 5 heteroatoms. The molecule has 0 radical (unpaired) electrons. The standard InChI is InChI=1S/C16H20ClN3S/c1-9-5-3-6-10(2)20(9)14-13-11-7-4-8-12(11)21-15(13)19-16(17)18-14/h9-10H,3-8H2,1-2H3. The van der Waals surface area contributed by atoms with E-state index in [1.165, 1.54) is 54.4 Å². The number of thiophene rings is 1. The van der Waals surface area contributed by atoms with Crippen LogP contribution in [0, 0.1) is 0 Å². The SMILES string of the molecule is CC1CCCC(C)N1c1nc(Cl)nc2sc3c(c12)CCC3. The van der Waals surface area contributed by atoms with Crippen LogP contribution in [-0.4, -0.2) is 22.1 Å². The minimum atomic E-state index is 0.391. The number of hydrogen-bond donors (Lipinski definition) is 0.